The van der Waals surface area contributed by atoms with Crippen molar-refractivity contribution in [1.82, 2.24) is 14.9 Å². The molecule has 2 N–H and O–H groups in total. The zero-order chi connectivity index (χ0) is 14.5. The molecule has 1 aliphatic heterocycles. The maximum atomic E-state index is 4.43. The number of aromatic nitrogens is 2. The van der Waals surface area contributed by atoms with Crippen LogP contribution < -0.4 is 10.6 Å². The number of nitrogens with zero attached hydrogens (tertiary/aromatic N) is 3. The maximum absolute atomic E-state index is 4.43. The number of anilines is 2. The van der Waals surface area contributed by atoms with Crippen LogP contribution in [0.1, 0.15) is 45.1 Å². The molecule has 1 fully saturated rings. The molecule has 0 amide bonds. The molecule has 112 valence electrons. The number of hydrogen-bond acceptors (Lipinski definition) is 5. The monoisotopic (exact) mass is 277 g/mol. The van der Waals surface area contributed by atoms with E-state index in [1.54, 1.807) is 6.33 Å². The van der Waals surface area contributed by atoms with Gasteiger partial charge in [0.2, 0.25) is 0 Å². The molecule has 1 saturated heterocycles. The van der Waals surface area contributed by atoms with Crippen molar-refractivity contribution < 1.29 is 0 Å². The van der Waals surface area contributed by atoms with Crippen molar-refractivity contribution in [2.75, 3.05) is 37.3 Å². The van der Waals surface area contributed by atoms with Crippen LogP contribution >= 0.6 is 0 Å². The van der Waals surface area contributed by atoms with Crippen LogP contribution in [-0.2, 0) is 0 Å². The molecule has 1 aliphatic rings. The molecule has 1 aromatic rings. The van der Waals surface area contributed by atoms with Gasteiger partial charge in [-0.3, -0.25) is 4.90 Å². The molecule has 20 heavy (non-hydrogen) atoms. The Morgan fingerprint density at radius 3 is 2.40 bits per heavy atom. The molecule has 5 heteroatoms. The van der Waals surface area contributed by atoms with E-state index in [2.05, 4.69) is 46.3 Å². The van der Waals surface area contributed by atoms with E-state index >= 15 is 0 Å². The van der Waals surface area contributed by atoms with Crippen LogP contribution in [0.3, 0.4) is 0 Å². The van der Waals surface area contributed by atoms with Crippen molar-refractivity contribution in [1.29, 1.82) is 0 Å². The molecule has 0 bridgehead atoms. The van der Waals surface area contributed by atoms with E-state index in [1.165, 1.54) is 31.5 Å². The smallest absolute Gasteiger partial charge is 0.135 e. The predicted molar refractivity (Wildman–Crippen MR) is 84.4 cm³/mol. The van der Waals surface area contributed by atoms with E-state index in [9.17, 15) is 0 Å². The standard InChI is InChI=1S/C15H27N5/c1-11(2)13-14(16-4)18-10-19-15(13)17-9-12(3)20-7-5-6-8-20/h10-12H,5-9H2,1-4H3,(H2,16,17,18,19). The first kappa shape index (κ1) is 15.0. The second-order valence-electron chi connectivity index (χ2n) is 5.86. The highest BCUT2D eigenvalue weighted by Gasteiger charge is 2.19. The molecule has 1 aromatic heterocycles. The van der Waals surface area contributed by atoms with Crippen molar-refractivity contribution in [2.24, 2.45) is 0 Å². The SMILES string of the molecule is CNc1ncnc(NCC(C)N2CCCC2)c1C(C)C. The van der Waals surface area contributed by atoms with Gasteiger partial charge in [0, 0.05) is 25.2 Å². The molecule has 2 rings (SSSR count). The quantitative estimate of drug-likeness (QED) is 0.837. The van der Waals surface area contributed by atoms with E-state index in [-0.39, 0.29) is 0 Å². The Morgan fingerprint density at radius 1 is 1.15 bits per heavy atom. The minimum absolute atomic E-state index is 0.392. The molecule has 5 nitrogen and oxygen atoms in total. The molecule has 0 saturated carbocycles. The largest absolute Gasteiger partial charge is 0.373 e. The fraction of sp³-hybridized carbons (Fsp3) is 0.733. The molecule has 0 aliphatic carbocycles. The van der Waals surface area contributed by atoms with Crippen LogP contribution in [0, 0.1) is 0 Å². The fourth-order valence-electron chi connectivity index (χ4n) is 2.84. The summed E-state index contributed by atoms with van der Waals surface area (Å²) >= 11 is 0. The summed E-state index contributed by atoms with van der Waals surface area (Å²) < 4.78 is 0. The van der Waals surface area contributed by atoms with E-state index < -0.39 is 0 Å². The fourth-order valence-corrected chi connectivity index (χ4v) is 2.84. The third-order valence-corrected chi connectivity index (χ3v) is 4.03. The summed E-state index contributed by atoms with van der Waals surface area (Å²) in [6.45, 7) is 10.0. The van der Waals surface area contributed by atoms with Gasteiger partial charge in [-0.1, -0.05) is 13.8 Å². The zero-order valence-electron chi connectivity index (χ0n) is 13.1. The highest BCUT2D eigenvalue weighted by molar-refractivity contribution is 5.58. The lowest BCUT2D eigenvalue weighted by Crippen LogP contribution is -2.35. The maximum Gasteiger partial charge on any atom is 0.135 e. The Balaban J connectivity index is 2.04. The van der Waals surface area contributed by atoms with E-state index in [1.807, 2.05) is 7.05 Å². The lowest BCUT2D eigenvalue weighted by atomic mass is 10.0. The summed E-state index contributed by atoms with van der Waals surface area (Å²) in [6, 6.07) is 0.547. The molecule has 0 radical (unpaired) electrons. The zero-order valence-corrected chi connectivity index (χ0v) is 13.1. The molecular weight excluding hydrogens is 250 g/mol. The molecule has 1 unspecified atom stereocenters. The van der Waals surface area contributed by atoms with E-state index in [0.717, 1.165) is 18.2 Å². The van der Waals surface area contributed by atoms with Gasteiger partial charge in [0.1, 0.15) is 18.0 Å². The minimum Gasteiger partial charge on any atom is -0.373 e. The van der Waals surface area contributed by atoms with Crippen LogP contribution in [0.4, 0.5) is 11.6 Å². The van der Waals surface area contributed by atoms with Gasteiger partial charge in [0.25, 0.3) is 0 Å². The van der Waals surface area contributed by atoms with Gasteiger partial charge in [-0.05, 0) is 38.8 Å². The van der Waals surface area contributed by atoms with Gasteiger partial charge >= 0.3 is 0 Å². The second kappa shape index (κ2) is 6.88. The molecule has 2 heterocycles. The lowest BCUT2D eigenvalue weighted by molar-refractivity contribution is 0.269. The van der Waals surface area contributed by atoms with Crippen LogP contribution in [0.2, 0.25) is 0 Å². The lowest BCUT2D eigenvalue weighted by Gasteiger charge is -2.25. The average Bonchev–Trinajstić information content (AvgIpc) is 2.98. The minimum atomic E-state index is 0.392. The first-order valence-corrected chi connectivity index (χ1v) is 7.64. The van der Waals surface area contributed by atoms with Crippen molar-refractivity contribution in [3.63, 3.8) is 0 Å². The normalized spacial score (nSPS) is 17.4. The third-order valence-electron chi connectivity index (χ3n) is 4.03. The summed E-state index contributed by atoms with van der Waals surface area (Å²) in [4.78, 5) is 11.3. The van der Waals surface area contributed by atoms with Gasteiger partial charge in [0.05, 0.1) is 0 Å². The predicted octanol–water partition coefficient (Wildman–Crippen LogP) is 2.54. The van der Waals surface area contributed by atoms with E-state index in [4.69, 9.17) is 0 Å². The number of rotatable bonds is 6. The molecule has 1 atom stereocenters. The van der Waals surface area contributed by atoms with Gasteiger partial charge in [-0.2, -0.15) is 0 Å². The van der Waals surface area contributed by atoms with Gasteiger partial charge in [0.15, 0.2) is 0 Å². The van der Waals surface area contributed by atoms with Gasteiger partial charge in [-0.15, -0.1) is 0 Å². The molecule has 0 spiro atoms. The van der Waals surface area contributed by atoms with Crippen LogP contribution in [0.15, 0.2) is 6.33 Å². The average molecular weight is 277 g/mol. The van der Waals surface area contributed by atoms with Gasteiger partial charge < -0.3 is 10.6 Å². The number of nitrogens with one attached hydrogen (secondary N) is 2. The first-order valence-electron chi connectivity index (χ1n) is 7.64. The van der Waals surface area contributed by atoms with Crippen molar-refractivity contribution in [2.45, 2.75) is 45.6 Å². The van der Waals surface area contributed by atoms with Crippen LogP contribution in [0.5, 0.6) is 0 Å². The second-order valence-corrected chi connectivity index (χ2v) is 5.86. The Kier molecular flexibility index (Phi) is 5.17. The highest BCUT2D eigenvalue weighted by Crippen LogP contribution is 2.28. The summed E-state index contributed by atoms with van der Waals surface area (Å²) in [6.07, 6.45) is 4.29. The van der Waals surface area contributed by atoms with Gasteiger partial charge in [-0.25, -0.2) is 9.97 Å². The first-order chi connectivity index (χ1) is 9.63. The van der Waals surface area contributed by atoms with Crippen molar-refractivity contribution in [3.05, 3.63) is 11.9 Å². The Bertz CT molecular complexity index is 426. The summed E-state index contributed by atoms with van der Waals surface area (Å²) in [5.41, 5.74) is 1.17. The van der Waals surface area contributed by atoms with Crippen molar-refractivity contribution in [3.8, 4) is 0 Å². The Labute approximate surface area is 122 Å². The highest BCUT2D eigenvalue weighted by atomic mass is 15.2. The number of hydrogen-bond donors (Lipinski definition) is 2. The summed E-state index contributed by atoms with van der Waals surface area (Å²) in [5.74, 6) is 2.28. The molecule has 0 aromatic carbocycles. The number of likely N-dealkylation sites (tertiary alicyclic amines) is 1. The van der Waals surface area contributed by atoms with Crippen LogP contribution in [0.25, 0.3) is 0 Å². The summed E-state index contributed by atoms with van der Waals surface area (Å²) in [5, 5.41) is 6.67. The Hall–Kier alpha value is -1.36. The van der Waals surface area contributed by atoms with Crippen LogP contribution in [-0.4, -0.2) is 47.6 Å². The van der Waals surface area contributed by atoms with Crippen molar-refractivity contribution >= 4 is 11.6 Å². The topological polar surface area (TPSA) is 53.1 Å². The Morgan fingerprint density at radius 2 is 1.80 bits per heavy atom. The summed E-state index contributed by atoms with van der Waals surface area (Å²) in [7, 11) is 1.91. The van der Waals surface area contributed by atoms with E-state index in [0.29, 0.717) is 12.0 Å². The third kappa shape index (κ3) is 3.39. The molecular formula is C15H27N5.